The fourth-order valence-electron chi connectivity index (χ4n) is 1.43. The molecule has 2 rings (SSSR count). The first-order chi connectivity index (χ1) is 6.77. The van der Waals surface area contributed by atoms with E-state index in [-0.39, 0.29) is 0 Å². The van der Waals surface area contributed by atoms with E-state index in [2.05, 4.69) is 11.9 Å². The molecule has 0 aliphatic rings. The number of nitrogens with two attached hydrogens (primary N) is 1. The first kappa shape index (κ1) is 8.75. The van der Waals surface area contributed by atoms with Crippen molar-refractivity contribution in [2.75, 3.05) is 5.73 Å². The van der Waals surface area contributed by atoms with Crippen molar-refractivity contribution in [3.63, 3.8) is 0 Å². The van der Waals surface area contributed by atoms with E-state index in [0.717, 1.165) is 22.4 Å². The van der Waals surface area contributed by atoms with E-state index >= 15 is 0 Å². The minimum atomic E-state index is 0.743. The van der Waals surface area contributed by atoms with Gasteiger partial charge >= 0.3 is 0 Å². The molecule has 0 atom stereocenters. The van der Waals surface area contributed by atoms with E-state index in [4.69, 9.17) is 5.73 Å². The van der Waals surface area contributed by atoms with Crippen LogP contribution in [0.5, 0.6) is 0 Å². The van der Waals surface area contributed by atoms with Gasteiger partial charge in [-0.05, 0) is 47.9 Å². The van der Waals surface area contributed by atoms with Gasteiger partial charge in [-0.25, -0.2) is 0 Å². The number of hydrogen-bond donors (Lipinski definition) is 1. The molecule has 0 aliphatic carbocycles. The van der Waals surface area contributed by atoms with Crippen molar-refractivity contribution in [1.82, 2.24) is 4.98 Å². The fourth-order valence-corrected chi connectivity index (χ4v) is 1.43. The lowest BCUT2D eigenvalue weighted by molar-refractivity contribution is 1.33. The van der Waals surface area contributed by atoms with Crippen molar-refractivity contribution in [3.05, 3.63) is 55.2 Å². The third kappa shape index (κ3) is 1.59. The van der Waals surface area contributed by atoms with Crippen LogP contribution in [-0.4, -0.2) is 4.98 Å². The molecule has 1 radical (unpaired) electrons. The summed E-state index contributed by atoms with van der Waals surface area (Å²) in [4.78, 5) is 3.97. The molecular weight excluding hydrogens is 172 g/mol. The Bertz CT molecular complexity index is 435. The average Bonchev–Trinajstić information content (AvgIpc) is 2.19. The Labute approximate surface area is 83.4 Å². The highest BCUT2D eigenvalue weighted by atomic mass is 14.6. The number of aromatic nitrogens is 1. The maximum absolute atomic E-state index is 5.65. The molecule has 0 spiro atoms. The molecule has 0 aliphatic heterocycles. The average molecular weight is 183 g/mol. The number of nitrogen functional groups attached to an aromatic ring is 1. The lowest BCUT2D eigenvalue weighted by Crippen LogP contribution is -1.88. The Hall–Kier alpha value is -1.83. The molecule has 69 valence electrons. The molecule has 0 saturated heterocycles. The third-order valence-electron chi connectivity index (χ3n) is 2.12. The van der Waals surface area contributed by atoms with Gasteiger partial charge in [-0.3, -0.25) is 4.98 Å². The standard InChI is InChI=1S/C12H11N2/c1-9-8-11(13)2-3-12(9)10-4-6-14-7-5-10/h2-8H,1,13H2. The summed E-state index contributed by atoms with van der Waals surface area (Å²) in [5.41, 5.74) is 9.55. The Morgan fingerprint density at radius 2 is 1.79 bits per heavy atom. The maximum atomic E-state index is 5.65. The molecule has 1 heterocycles. The van der Waals surface area contributed by atoms with Gasteiger partial charge in [0.1, 0.15) is 0 Å². The first-order valence-electron chi connectivity index (χ1n) is 4.39. The van der Waals surface area contributed by atoms with Crippen molar-refractivity contribution in [2.45, 2.75) is 0 Å². The Kier molecular flexibility index (Phi) is 2.19. The highest BCUT2D eigenvalue weighted by Crippen LogP contribution is 2.23. The van der Waals surface area contributed by atoms with Gasteiger partial charge in [0.2, 0.25) is 0 Å². The van der Waals surface area contributed by atoms with Crippen molar-refractivity contribution < 1.29 is 0 Å². The zero-order valence-corrected chi connectivity index (χ0v) is 7.77. The Morgan fingerprint density at radius 3 is 2.43 bits per heavy atom. The normalized spacial score (nSPS) is 10.1. The summed E-state index contributed by atoms with van der Waals surface area (Å²) in [5, 5.41) is 0. The quantitative estimate of drug-likeness (QED) is 0.690. The lowest BCUT2D eigenvalue weighted by Gasteiger charge is -2.05. The van der Waals surface area contributed by atoms with Crippen molar-refractivity contribution >= 4 is 5.69 Å². The van der Waals surface area contributed by atoms with Crippen LogP contribution in [0.25, 0.3) is 11.1 Å². The second-order valence-electron chi connectivity index (χ2n) is 3.15. The number of benzene rings is 1. The zero-order chi connectivity index (χ0) is 9.97. The maximum Gasteiger partial charge on any atom is 0.0317 e. The topological polar surface area (TPSA) is 38.9 Å². The van der Waals surface area contributed by atoms with E-state index in [1.807, 2.05) is 30.3 Å². The monoisotopic (exact) mass is 183 g/mol. The van der Waals surface area contributed by atoms with Gasteiger partial charge in [0.15, 0.2) is 0 Å². The minimum Gasteiger partial charge on any atom is -0.399 e. The summed E-state index contributed by atoms with van der Waals surface area (Å²) < 4.78 is 0. The number of rotatable bonds is 1. The van der Waals surface area contributed by atoms with Crippen LogP contribution in [-0.2, 0) is 0 Å². The van der Waals surface area contributed by atoms with Crippen LogP contribution >= 0.6 is 0 Å². The van der Waals surface area contributed by atoms with Crippen LogP contribution in [0.1, 0.15) is 5.56 Å². The van der Waals surface area contributed by atoms with E-state index in [1.165, 1.54) is 0 Å². The predicted molar refractivity (Wildman–Crippen MR) is 58.5 cm³/mol. The second kappa shape index (κ2) is 3.50. The smallest absolute Gasteiger partial charge is 0.0317 e. The predicted octanol–water partition coefficient (Wildman–Crippen LogP) is 2.51. The second-order valence-corrected chi connectivity index (χ2v) is 3.15. The molecule has 2 aromatic rings. The van der Waals surface area contributed by atoms with E-state index < -0.39 is 0 Å². The highest BCUT2D eigenvalue weighted by Gasteiger charge is 2.00. The zero-order valence-electron chi connectivity index (χ0n) is 7.77. The van der Waals surface area contributed by atoms with Crippen LogP contribution in [0.2, 0.25) is 0 Å². The molecule has 2 heteroatoms. The highest BCUT2D eigenvalue weighted by molar-refractivity contribution is 5.70. The Balaban J connectivity index is 2.53. The molecule has 0 amide bonds. The molecule has 1 aromatic carbocycles. The van der Waals surface area contributed by atoms with Crippen LogP contribution in [0, 0.1) is 6.92 Å². The van der Waals surface area contributed by atoms with Crippen molar-refractivity contribution in [1.29, 1.82) is 0 Å². The summed E-state index contributed by atoms with van der Waals surface area (Å²) in [6, 6.07) is 9.65. The molecule has 0 fully saturated rings. The SMILES string of the molecule is [CH2]c1cc(N)ccc1-c1ccncc1. The molecule has 0 saturated carbocycles. The molecule has 14 heavy (non-hydrogen) atoms. The molecule has 2 nitrogen and oxygen atoms in total. The summed E-state index contributed by atoms with van der Waals surface area (Å²) in [6.45, 7) is 3.96. The molecule has 2 N–H and O–H groups in total. The van der Waals surface area contributed by atoms with Crippen molar-refractivity contribution in [3.8, 4) is 11.1 Å². The van der Waals surface area contributed by atoms with Crippen LogP contribution < -0.4 is 5.73 Å². The van der Waals surface area contributed by atoms with Gasteiger partial charge in [0.05, 0.1) is 0 Å². The van der Waals surface area contributed by atoms with E-state index in [0.29, 0.717) is 0 Å². The first-order valence-corrected chi connectivity index (χ1v) is 4.39. The minimum absolute atomic E-state index is 0.743. The largest absolute Gasteiger partial charge is 0.399 e. The van der Waals surface area contributed by atoms with Crippen LogP contribution in [0.3, 0.4) is 0 Å². The van der Waals surface area contributed by atoms with Crippen molar-refractivity contribution in [2.24, 2.45) is 0 Å². The number of nitrogens with zero attached hydrogens (tertiary/aromatic N) is 1. The number of pyridine rings is 1. The van der Waals surface area contributed by atoms with Crippen LogP contribution in [0.15, 0.2) is 42.7 Å². The van der Waals surface area contributed by atoms with E-state index in [9.17, 15) is 0 Å². The van der Waals surface area contributed by atoms with Gasteiger partial charge < -0.3 is 5.73 Å². The summed E-state index contributed by atoms with van der Waals surface area (Å²) >= 11 is 0. The van der Waals surface area contributed by atoms with E-state index in [1.54, 1.807) is 12.4 Å². The fraction of sp³-hybridized carbons (Fsp3) is 0. The Morgan fingerprint density at radius 1 is 1.07 bits per heavy atom. The molecule has 0 bridgehead atoms. The van der Waals surface area contributed by atoms with Gasteiger partial charge in [-0.1, -0.05) is 6.07 Å². The summed E-state index contributed by atoms with van der Waals surface area (Å²) in [6.07, 6.45) is 3.54. The van der Waals surface area contributed by atoms with Gasteiger partial charge in [0, 0.05) is 18.1 Å². The third-order valence-corrected chi connectivity index (χ3v) is 2.12. The molecule has 0 unspecified atom stereocenters. The van der Waals surface area contributed by atoms with Gasteiger partial charge in [0.25, 0.3) is 0 Å². The molecule has 1 aromatic heterocycles. The van der Waals surface area contributed by atoms with Gasteiger partial charge in [-0.2, -0.15) is 0 Å². The summed E-state index contributed by atoms with van der Waals surface area (Å²) in [5.74, 6) is 0. The summed E-state index contributed by atoms with van der Waals surface area (Å²) in [7, 11) is 0. The van der Waals surface area contributed by atoms with Crippen LogP contribution in [0.4, 0.5) is 5.69 Å². The number of anilines is 1. The number of hydrogen-bond acceptors (Lipinski definition) is 2. The molecular formula is C12H11N2. The lowest BCUT2D eigenvalue weighted by atomic mass is 10.0. The van der Waals surface area contributed by atoms with Gasteiger partial charge in [-0.15, -0.1) is 0 Å².